The third kappa shape index (κ3) is 4.61. The monoisotopic (exact) mass is 418 g/mol. The van der Waals surface area contributed by atoms with Gasteiger partial charge in [-0.15, -0.1) is 0 Å². The van der Waals surface area contributed by atoms with E-state index in [2.05, 4.69) is 32.9 Å². The summed E-state index contributed by atoms with van der Waals surface area (Å²) >= 11 is 0. The van der Waals surface area contributed by atoms with Crippen LogP contribution in [0, 0.1) is 23.7 Å². The molecule has 0 N–H and O–H groups in total. The Morgan fingerprint density at radius 2 is 1.55 bits per heavy atom. The number of rotatable bonds is 5. The Bertz CT molecular complexity index is 889. The Kier molecular flexibility index (Phi) is 6.60. The molecule has 2 fully saturated rings. The fraction of sp³-hybridized carbons (Fsp3) is 0.500. The molecule has 2 aromatic carbocycles. The maximum absolute atomic E-state index is 13.5. The van der Waals surface area contributed by atoms with Gasteiger partial charge in [0.25, 0.3) is 0 Å². The molecule has 6 atom stereocenters. The highest BCUT2D eigenvalue weighted by Gasteiger charge is 2.49. The summed E-state index contributed by atoms with van der Waals surface area (Å²) in [5.74, 6) is 0.177. The van der Waals surface area contributed by atoms with E-state index in [9.17, 15) is 9.59 Å². The summed E-state index contributed by atoms with van der Waals surface area (Å²) in [5, 5.41) is 0. The third-order valence-corrected chi connectivity index (χ3v) is 7.46. The van der Waals surface area contributed by atoms with Crippen molar-refractivity contribution < 1.29 is 14.3 Å². The Balaban J connectivity index is 1.63. The number of hydrogen-bond donors (Lipinski definition) is 0. The predicted octanol–water partition coefficient (Wildman–Crippen LogP) is 6.15. The van der Waals surface area contributed by atoms with Crippen LogP contribution in [-0.4, -0.2) is 17.9 Å². The summed E-state index contributed by atoms with van der Waals surface area (Å²) in [6.45, 7) is 6.65. The van der Waals surface area contributed by atoms with Gasteiger partial charge in [-0.3, -0.25) is 9.59 Å². The largest absolute Gasteiger partial charge is 0.462 e. The van der Waals surface area contributed by atoms with Crippen molar-refractivity contribution in [1.82, 2.24) is 0 Å². The Labute approximate surface area is 186 Å². The standard InChI is InChI=1S/C28H34O3/c1-18(2)22-15-14-19(3)16-25(22)31-28(30)27-24(29)17-23(20-10-6-4-7-11-20)26(27)21-12-8-5-9-13-21/h4-13,18-19,22-23,25-27H,14-17H2,1-3H3/t19-,22+,23-,25-,26-,27-/m1/s1. The highest BCUT2D eigenvalue weighted by atomic mass is 16.5. The molecule has 2 saturated carbocycles. The molecule has 0 heterocycles. The molecule has 0 amide bonds. The van der Waals surface area contributed by atoms with E-state index >= 15 is 0 Å². The average molecular weight is 419 g/mol. The van der Waals surface area contributed by atoms with Gasteiger partial charge in [0.1, 0.15) is 17.8 Å². The van der Waals surface area contributed by atoms with Gasteiger partial charge in [0.15, 0.2) is 0 Å². The zero-order chi connectivity index (χ0) is 22.0. The molecule has 2 aromatic rings. The Morgan fingerprint density at radius 1 is 0.935 bits per heavy atom. The maximum atomic E-state index is 13.5. The molecule has 0 radical (unpaired) electrons. The van der Waals surface area contributed by atoms with Crippen molar-refractivity contribution in [3.63, 3.8) is 0 Å². The van der Waals surface area contributed by atoms with Gasteiger partial charge in [-0.05, 0) is 47.6 Å². The summed E-state index contributed by atoms with van der Waals surface area (Å²) in [4.78, 5) is 26.7. The van der Waals surface area contributed by atoms with Crippen molar-refractivity contribution >= 4 is 11.8 Å². The quantitative estimate of drug-likeness (QED) is 0.432. The van der Waals surface area contributed by atoms with E-state index in [-0.39, 0.29) is 29.7 Å². The second kappa shape index (κ2) is 9.38. The minimum absolute atomic E-state index is 0.000162. The molecule has 0 saturated heterocycles. The molecule has 31 heavy (non-hydrogen) atoms. The SMILES string of the molecule is CC(C)[C@@H]1CC[C@@H](C)C[C@H]1OC(=O)[C@@H]1C(=O)C[C@H](c2ccccc2)[C@H]1c1ccccc1. The number of carbonyl (C=O) groups is 2. The third-order valence-electron chi connectivity index (χ3n) is 7.46. The molecule has 0 unspecified atom stereocenters. The minimum atomic E-state index is -0.724. The van der Waals surface area contributed by atoms with Gasteiger partial charge < -0.3 is 4.74 Å². The molecule has 0 aliphatic heterocycles. The molecule has 3 heteroatoms. The van der Waals surface area contributed by atoms with Crippen molar-refractivity contribution in [2.24, 2.45) is 23.7 Å². The number of esters is 1. The smallest absolute Gasteiger partial charge is 0.317 e. The number of benzene rings is 2. The van der Waals surface area contributed by atoms with Crippen LogP contribution in [0.2, 0.25) is 0 Å². The van der Waals surface area contributed by atoms with Crippen LogP contribution in [0.4, 0.5) is 0 Å². The number of ketones is 1. The van der Waals surface area contributed by atoms with Crippen LogP contribution in [-0.2, 0) is 14.3 Å². The van der Waals surface area contributed by atoms with E-state index in [0.717, 1.165) is 24.0 Å². The van der Waals surface area contributed by atoms with Gasteiger partial charge in [0.2, 0.25) is 0 Å². The minimum Gasteiger partial charge on any atom is -0.462 e. The van der Waals surface area contributed by atoms with E-state index in [4.69, 9.17) is 4.74 Å². The lowest BCUT2D eigenvalue weighted by Gasteiger charge is -2.37. The van der Waals surface area contributed by atoms with Gasteiger partial charge in [0, 0.05) is 12.3 Å². The van der Waals surface area contributed by atoms with Crippen molar-refractivity contribution in [1.29, 1.82) is 0 Å². The van der Waals surface area contributed by atoms with Gasteiger partial charge >= 0.3 is 5.97 Å². The molecule has 0 aromatic heterocycles. The maximum Gasteiger partial charge on any atom is 0.317 e. The summed E-state index contributed by atoms with van der Waals surface area (Å²) in [6, 6.07) is 20.2. The van der Waals surface area contributed by atoms with Crippen molar-refractivity contribution in [2.75, 3.05) is 0 Å². The van der Waals surface area contributed by atoms with Gasteiger partial charge in [-0.2, -0.15) is 0 Å². The first-order chi connectivity index (χ1) is 15.0. The highest BCUT2D eigenvalue weighted by Crippen LogP contribution is 2.49. The fourth-order valence-electron chi connectivity index (χ4n) is 5.78. The zero-order valence-electron chi connectivity index (χ0n) is 18.9. The molecule has 3 nitrogen and oxygen atoms in total. The van der Waals surface area contributed by atoms with Crippen molar-refractivity contribution in [3.05, 3.63) is 71.8 Å². The first-order valence-corrected chi connectivity index (χ1v) is 11.8. The van der Waals surface area contributed by atoms with Crippen LogP contribution in [0.25, 0.3) is 0 Å². The van der Waals surface area contributed by atoms with E-state index < -0.39 is 5.92 Å². The summed E-state index contributed by atoms with van der Waals surface area (Å²) < 4.78 is 6.17. The second-order valence-electron chi connectivity index (χ2n) is 9.90. The molecule has 2 aliphatic carbocycles. The van der Waals surface area contributed by atoms with Crippen LogP contribution in [0.15, 0.2) is 60.7 Å². The first kappa shape index (κ1) is 21.8. The molecular formula is C28H34O3. The summed E-state index contributed by atoms with van der Waals surface area (Å²) in [6.07, 6.45) is 3.47. The summed E-state index contributed by atoms with van der Waals surface area (Å²) in [7, 11) is 0. The van der Waals surface area contributed by atoms with Crippen molar-refractivity contribution in [3.8, 4) is 0 Å². The lowest BCUT2D eigenvalue weighted by atomic mass is 9.75. The Morgan fingerprint density at radius 3 is 2.16 bits per heavy atom. The summed E-state index contributed by atoms with van der Waals surface area (Å²) in [5.41, 5.74) is 2.16. The fourth-order valence-corrected chi connectivity index (χ4v) is 5.78. The first-order valence-electron chi connectivity index (χ1n) is 11.8. The average Bonchev–Trinajstić information content (AvgIpc) is 3.12. The van der Waals surface area contributed by atoms with Crippen LogP contribution < -0.4 is 0 Å². The molecule has 4 rings (SSSR count). The van der Waals surface area contributed by atoms with Gasteiger partial charge in [-0.1, -0.05) is 87.9 Å². The molecule has 2 aliphatic rings. The van der Waals surface area contributed by atoms with Gasteiger partial charge in [0.05, 0.1) is 0 Å². The number of ether oxygens (including phenoxy) is 1. The van der Waals surface area contributed by atoms with E-state index in [1.54, 1.807) is 0 Å². The second-order valence-corrected chi connectivity index (χ2v) is 9.90. The molecule has 164 valence electrons. The topological polar surface area (TPSA) is 43.4 Å². The van der Waals surface area contributed by atoms with Gasteiger partial charge in [-0.25, -0.2) is 0 Å². The zero-order valence-corrected chi connectivity index (χ0v) is 18.9. The molecular weight excluding hydrogens is 384 g/mol. The Hall–Kier alpha value is -2.42. The lowest BCUT2D eigenvalue weighted by Crippen LogP contribution is -2.39. The predicted molar refractivity (Wildman–Crippen MR) is 123 cm³/mol. The van der Waals surface area contributed by atoms with Crippen LogP contribution >= 0.6 is 0 Å². The number of carbonyl (C=O) groups excluding carboxylic acids is 2. The van der Waals surface area contributed by atoms with E-state index in [1.165, 1.54) is 6.42 Å². The number of Topliss-reactive ketones (excluding diaryl/α,β-unsaturated/α-hetero) is 1. The van der Waals surface area contributed by atoms with Crippen molar-refractivity contribution in [2.45, 2.75) is 64.4 Å². The highest BCUT2D eigenvalue weighted by molar-refractivity contribution is 6.02. The van der Waals surface area contributed by atoms with E-state index in [1.807, 2.05) is 48.5 Å². The lowest BCUT2D eigenvalue weighted by molar-refractivity contribution is -0.162. The van der Waals surface area contributed by atoms with E-state index in [0.29, 0.717) is 24.2 Å². The van der Waals surface area contributed by atoms with Crippen LogP contribution in [0.1, 0.15) is 69.4 Å². The van der Waals surface area contributed by atoms with Crippen LogP contribution in [0.5, 0.6) is 0 Å². The molecule has 0 spiro atoms. The molecule has 0 bridgehead atoms. The van der Waals surface area contributed by atoms with Crippen LogP contribution in [0.3, 0.4) is 0 Å². The number of hydrogen-bond acceptors (Lipinski definition) is 3. The normalized spacial score (nSPS) is 31.0.